The van der Waals surface area contributed by atoms with Gasteiger partial charge in [0.05, 0.1) is 5.56 Å². The number of fused-ring (bicyclic) bond motifs is 3. The van der Waals surface area contributed by atoms with E-state index in [4.69, 9.17) is 4.74 Å². The maximum Gasteiger partial charge on any atom is 0.339 e. The van der Waals surface area contributed by atoms with Gasteiger partial charge in [-0.2, -0.15) is 0 Å². The molecule has 0 amide bonds. The third-order valence-corrected chi connectivity index (χ3v) is 4.57. The lowest BCUT2D eigenvalue weighted by molar-refractivity contribution is 0.0140. The van der Waals surface area contributed by atoms with Crippen LogP contribution >= 0.6 is 0 Å². The van der Waals surface area contributed by atoms with Crippen molar-refractivity contribution in [3.8, 4) is 0 Å². The van der Waals surface area contributed by atoms with Gasteiger partial charge in [-0.1, -0.05) is 42.5 Å². The monoisotopic (exact) mass is 264 g/mol. The number of aryl methyl sites for hydroxylation is 1. The minimum atomic E-state index is -0.345. The van der Waals surface area contributed by atoms with Crippen LogP contribution in [0, 0.1) is 5.92 Å². The Bertz CT molecular complexity index is 662. The number of esters is 1. The van der Waals surface area contributed by atoms with Crippen molar-refractivity contribution < 1.29 is 9.53 Å². The molecule has 2 aromatic rings. The van der Waals surface area contributed by atoms with Crippen molar-refractivity contribution in [1.82, 2.24) is 0 Å². The summed E-state index contributed by atoms with van der Waals surface area (Å²) in [6.45, 7) is 0. The zero-order valence-corrected chi connectivity index (χ0v) is 11.2. The van der Waals surface area contributed by atoms with E-state index in [0.717, 1.165) is 19.3 Å². The summed E-state index contributed by atoms with van der Waals surface area (Å²) in [7, 11) is 0. The molecule has 0 saturated heterocycles. The zero-order chi connectivity index (χ0) is 13.6. The van der Waals surface area contributed by atoms with Gasteiger partial charge in [0, 0.05) is 5.92 Å². The molecule has 2 aliphatic rings. The van der Waals surface area contributed by atoms with Gasteiger partial charge in [-0.25, -0.2) is 4.79 Å². The van der Waals surface area contributed by atoms with Crippen LogP contribution in [0.15, 0.2) is 54.6 Å². The molecule has 2 aliphatic carbocycles. The van der Waals surface area contributed by atoms with E-state index in [-0.39, 0.29) is 11.6 Å². The van der Waals surface area contributed by atoms with E-state index >= 15 is 0 Å². The van der Waals surface area contributed by atoms with Crippen LogP contribution in [0.3, 0.4) is 0 Å². The summed E-state index contributed by atoms with van der Waals surface area (Å²) in [5.41, 5.74) is 2.85. The Balaban J connectivity index is 1.66. The molecule has 0 N–H and O–H groups in total. The lowest BCUT2D eigenvalue weighted by Gasteiger charge is -2.26. The fourth-order valence-corrected chi connectivity index (χ4v) is 3.43. The smallest absolute Gasteiger partial charge is 0.339 e. The van der Waals surface area contributed by atoms with Crippen molar-refractivity contribution in [3.05, 3.63) is 71.3 Å². The van der Waals surface area contributed by atoms with E-state index < -0.39 is 0 Å². The second kappa shape index (κ2) is 4.20. The van der Waals surface area contributed by atoms with E-state index in [1.54, 1.807) is 0 Å². The third kappa shape index (κ3) is 1.68. The molecular formula is C18H16O2. The molecule has 100 valence electrons. The molecule has 0 heterocycles. The lowest BCUT2D eigenvalue weighted by atomic mass is 9.89. The van der Waals surface area contributed by atoms with E-state index in [9.17, 15) is 4.79 Å². The molecule has 2 aromatic carbocycles. The highest BCUT2D eigenvalue weighted by molar-refractivity contribution is 5.90. The Morgan fingerprint density at radius 1 is 1.05 bits per heavy atom. The van der Waals surface area contributed by atoms with Gasteiger partial charge < -0.3 is 4.74 Å². The number of hydrogen-bond acceptors (Lipinski definition) is 2. The van der Waals surface area contributed by atoms with Gasteiger partial charge in [-0.15, -0.1) is 0 Å². The summed E-state index contributed by atoms with van der Waals surface area (Å²) in [5, 5.41) is 0. The Morgan fingerprint density at radius 3 is 2.65 bits per heavy atom. The lowest BCUT2D eigenvalue weighted by Crippen LogP contribution is -2.24. The highest BCUT2D eigenvalue weighted by Gasteiger charge is 2.61. The molecule has 0 aromatic heterocycles. The molecule has 0 spiro atoms. The van der Waals surface area contributed by atoms with Crippen LogP contribution < -0.4 is 0 Å². The SMILES string of the molecule is O=C(OC12CC1CCc1ccccc12)c1ccccc1. The number of carbonyl (C=O) groups excluding carboxylic acids is 1. The van der Waals surface area contributed by atoms with Crippen LogP contribution in [0.5, 0.6) is 0 Å². The quantitative estimate of drug-likeness (QED) is 0.773. The molecule has 2 heteroatoms. The molecule has 0 bridgehead atoms. The molecule has 20 heavy (non-hydrogen) atoms. The van der Waals surface area contributed by atoms with Gasteiger partial charge in [0.15, 0.2) is 0 Å². The summed E-state index contributed by atoms with van der Waals surface area (Å²) in [6, 6.07) is 17.6. The van der Waals surface area contributed by atoms with Crippen LogP contribution in [0.2, 0.25) is 0 Å². The molecule has 2 atom stereocenters. The van der Waals surface area contributed by atoms with Gasteiger partial charge in [0.2, 0.25) is 0 Å². The molecule has 0 radical (unpaired) electrons. The summed E-state index contributed by atoms with van der Waals surface area (Å²) in [6.07, 6.45) is 3.20. The van der Waals surface area contributed by atoms with Crippen LogP contribution in [0.1, 0.15) is 34.3 Å². The first-order valence-electron chi connectivity index (χ1n) is 7.16. The first-order chi connectivity index (χ1) is 9.79. The van der Waals surface area contributed by atoms with Gasteiger partial charge in [0.25, 0.3) is 0 Å². The highest BCUT2D eigenvalue weighted by atomic mass is 16.6. The largest absolute Gasteiger partial charge is 0.450 e. The van der Waals surface area contributed by atoms with Crippen molar-refractivity contribution >= 4 is 5.97 Å². The zero-order valence-electron chi connectivity index (χ0n) is 11.2. The second-order valence-electron chi connectivity index (χ2n) is 5.74. The summed E-state index contributed by atoms with van der Waals surface area (Å²) < 4.78 is 5.93. The molecule has 1 fully saturated rings. The van der Waals surface area contributed by atoms with E-state index in [1.165, 1.54) is 11.1 Å². The van der Waals surface area contributed by atoms with Gasteiger partial charge in [-0.3, -0.25) is 0 Å². The first kappa shape index (κ1) is 11.7. The van der Waals surface area contributed by atoms with Gasteiger partial charge in [0.1, 0.15) is 5.60 Å². The van der Waals surface area contributed by atoms with Crippen molar-refractivity contribution in [3.63, 3.8) is 0 Å². The van der Waals surface area contributed by atoms with Crippen LogP contribution in [0.25, 0.3) is 0 Å². The third-order valence-electron chi connectivity index (χ3n) is 4.57. The van der Waals surface area contributed by atoms with Crippen molar-refractivity contribution in [2.45, 2.75) is 24.9 Å². The average molecular weight is 264 g/mol. The number of ether oxygens (including phenoxy) is 1. The van der Waals surface area contributed by atoms with E-state index in [2.05, 4.69) is 18.2 Å². The van der Waals surface area contributed by atoms with E-state index in [1.807, 2.05) is 36.4 Å². The molecule has 1 saturated carbocycles. The summed E-state index contributed by atoms with van der Waals surface area (Å²) in [5.74, 6) is 0.301. The summed E-state index contributed by atoms with van der Waals surface area (Å²) in [4.78, 5) is 12.3. The van der Waals surface area contributed by atoms with Crippen LogP contribution in [-0.2, 0) is 16.8 Å². The average Bonchev–Trinajstić information content (AvgIpc) is 3.23. The Morgan fingerprint density at radius 2 is 1.80 bits per heavy atom. The normalized spacial score (nSPS) is 26.3. The predicted molar refractivity (Wildman–Crippen MR) is 76.4 cm³/mol. The van der Waals surface area contributed by atoms with E-state index in [0.29, 0.717) is 11.5 Å². The first-order valence-corrected chi connectivity index (χ1v) is 7.16. The van der Waals surface area contributed by atoms with Crippen molar-refractivity contribution in [1.29, 1.82) is 0 Å². The Labute approximate surface area is 118 Å². The molecule has 0 aliphatic heterocycles. The molecule has 2 unspecified atom stereocenters. The number of benzene rings is 2. The van der Waals surface area contributed by atoms with Crippen molar-refractivity contribution in [2.75, 3.05) is 0 Å². The minimum absolute atomic E-state index is 0.204. The number of hydrogen-bond donors (Lipinski definition) is 0. The number of rotatable bonds is 2. The number of carbonyl (C=O) groups is 1. The molecule has 2 nitrogen and oxygen atoms in total. The predicted octanol–water partition coefficient (Wildman–Crippen LogP) is 3.71. The molecular weight excluding hydrogens is 248 g/mol. The van der Waals surface area contributed by atoms with Gasteiger partial charge >= 0.3 is 5.97 Å². The van der Waals surface area contributed by atoms with Crippen LogP contribution in [0.4, 0.5) is 0 Å². The molecule has 4 rings (SSSR count). The van der Waals surface area contributed by atoms with Gasteiger partial charge in [-0.05, 0) is 42.5 Å². The Kier molecular flexibility index (Phi) is 2.46. The minimum Gasteiger partial charge on any atom is -0.450 e. The topological polar surface area (TPSA) is 26.3 Å². The fraction of sp³-hybridized carbons (Fsp3) is 0.278. The second-order valence-corrected chi connectivity index (χ2v) is 5.74. The summed E-state index contributed by atoms with van der Waals surface area (Å²) >= 11 is 0. The highest BCUT2D eigenvalue weighted by Crippen LogP contribution is 2.61. The maximum absolute atomic E-state index is 12.3. The van der Waals surface area contributed by atoms with Crippen molar-refractivity contribution in [2.24, 2.45) is 5.92 Å². The standard InChI is InChI=1S/C18H16O2/c19-17(14-7-2-1-3-8-14)20-18-12-15(18)11-10-13-6-4-5-9-16(13)18/h1-9,15H,10-12H2. The maximum atomic E-state index is 12.3. The Hall–Kier alpha value is -2.09. The fourth-order valence-electron chi connectivity index (χ4n) is 3.43. The van der Waals surface area contributed by atoms with Crippen LogP contribution in [-0.4, -0.2) is 5.97 Å².